The summed E-state index contributed by atoms with van der Waals surface area (Å²) in [6.45, 7) is 4.59. The van der Waals surface area contributed by atoms with Crippen LogP contribution in [-0.2, 0) is 19.6 Å². The highest BCUT2D eigenvalue weighted by Crippen LogP contribution is 2.28. The molecule has 0 saturated carbocycles. The van der Waals surface area contributed by atoms with E-state index in [0.29, 0.717) is 4.31 Å². The van der Waals surface area contributed by atoms with Crippen molar-refractivity contribution in [3.8, 4) is 0 Å². The first-order valence-electron chi connectivity index (χ1n) is 8.01. The van der Waals surface area contributed by atoms with Crippen LogP contribution in [0.5, 0.6) is 0 Å². The Morgan fingerprint density at radius 2 is 1.74 bits per heavy atom. The zero-order valence-corrected chi connectivity index (χ0v) is 18.7. The number of esters is 1. The van der Waals surface area contributed by atoms with Crippen LogP contribution >= 0.6 is 24.0 Å². The predicted octanol–water partition coefficient (Wildman–Crippen LogP) is 1.43. The van der Waals surface area contributed by atoms with Crippen LogP contribution < -0.4 is 10.6 Å². The fourth-order valence-corrected chi connectivity index (χ4v) is 3.29. The van der Waals surface area contributed by atoms with E-state index in [1.165, 1.54) is 7.05 Å². The molecule has 1 aliphatic heterocycles. The monoisotopic (exact) mass is 530 g/mol. The molecule has 0 aromatic carbocycles. The van der Waals surface area contributed by atoms with Crippen molar-refractivity contribution in [1.29, 1.82) is 0 Å². The molecular weight excluding hydrogens is 504 g/mol. The van der Waals surface area contributed by atoms with Crippen molar-refractivity contribution in [1.82, 2.24) is 14.9 Å². The Balaban J connectivity index is 0.00000676. The lowest BCUT2D eigenvalue weighted by Crippen LogP contribution is -2.52. The van der Waals surface area contributed by atoms with Crippen LogP contribution in [0.15, 0.2) is 4.99 Å². The Labute approximate surface area is 174 Å². The maximum absolute atomic E-state index is 12.6. The number of nitrogens with zero attached hydrogens (tertiary/aromatic N) is 2. The molecule has 2 N–H and O–H groups in total. The topological polar surface area (TPSA) is 100 Å². The number of aliphatic imine (C=N–C) groups is 1. The fourth-order valence-electron chi connectivity index (χ4n) is 2.31. The van der Waals surface area contributed by atoms with Crippen molar-refractivity contribution in [2.75, 3.05) is 26.7 Å². The maximum Gasteiger partial charge on any atom is 0.511 e. The molecule has 0 atom stereocenters. The highest BCUT2D eigenvalue weighted by molar-refractivity contribution is 14.0. The number of carbonyl (C=O) groups excluding carboxylic acids is 1. The van der Waals surface area contributed by atoms with Gasteiger partial charge in [0.05, 0.1) is 0 Å². The third kappa shape index (κ3) is 8.37. The minimum atomic E-state index is -5.30. The molecule has 1 aliphatic rings. The van der Waals surface area contributed by atoms with Crippen molar-refractivity contribution in [2.24, 2.45) is 4.99 Å². The van der Waals surface area contributed by atoms with E-state index in [1.54, 1.807) is 20.8 Å². The number of carbonyl (C=O) groups is 1. The Morgan fingerprint density at radius 3 is 2.15 bits per heavy atom. The molecule has 8 nitrogen and oxygen atoms in total. The fraction of sp³-hybridized carbons (Fsp3) is 0.857. The number of guanidine groups is 1. The van der Waals surface area contributed by atoms with Gasteiger partial charge in [-0.1, -0.05) is 0 Å². The van der Waals surface area contributed by atoms with Gasteiger partial charge in [-0.05, 0) is 33.6 Å². The molecule has 0 radical (unpaired) electrons. The molecule has 1 saturated heterocycles. The maximum atomic E-state index is 12.6. The number of alkyl halides is 3. The molecule has 160 valence electrons. The highest BCUT2D eigenvalue weighted by atomic mass is 127. The van der Waals surface area contributed by atoms with Gasteiger partial charge >= 0.3 is 21.5 Å². The minimum Gasteiger partial charge on any atom is -0.459 e. The summed E-state index contributed by atoms with van der Waals surface area (Å²) in [4.78, 5) is 15.6. The summed E-state index contributed by atoms with van der Waals surface area (Å²) in [5.41, 5.74) is -5.91. The third-order valence-corrected chi connectivity index (χ3v) is 5.10. The SMILES string of the molecule is CN=C(NCC(=O)OC(C)(C)C)NC1CCN(S(=O)(=O)C(F)(F)F)CC1.I. The van der Waals surface area contributed by atoms with E-state index in [1.807, 2.05) is 0 Å². The lowest BCUT2D eigenvalue weighted by molar-refractivity contribution is -0.153. The van der Waals surface area contributed by atoms with E-state index >= 15 is 0 Å². The van der Waals surface area contributed by atoms with Gasteiger partial charge in [-0.2, -0.15) is 17.5 Å². The number of ether oxygens (including phenoxy) is 1. The van der Waals surface area contributed by atoms with Crippen molar-refractivity contribution in [3.05, 3.63) is 0 Å². The van der Waals surface area contributed by atoms with E-state index in [-0.39, 0.29) is 68.5 Å². The lowest BCUT2D eigenvalue weighted by Gasteiger charge is -2.32. The second-order valence-corrected chi connectivity index (χ2v) is 8.71. The van der Waals surface area contributed by atoms with Crippen molar-refractivity contribution < 1.29 is 31.1 Å². The standard InChI is InChI=1S/C14H25F3N4O4S.HI/c1-13(2,3)25-11(22)9-19-12(18-4)20-10-5-7-21(8-6-10)26(23,24)14(15,16)17;/h10H,5-9H2,1-4H3,(H2,18,19,20);1H. The average Bonchev–Trinajstić information content (AvgIpc) is 2.49. The van der Waals surface area contributed by atoms with E-state index in [4.69, 9.17) is 4.74 Å². The third-order valence-electron chi connectivity index (χ3n) is 3.47. The van der Waals surface area contributed by atoms with Gasteiger partial charge in [0.2, 0.25) is 0 Å². The Bertz CT molecular complexity index is 627. The lowest BCUT2D eigenvalue weighted by atomic mass is 10.1. The van der Waals surface area contributed by atoms with Crippen molar-refractivity contribution in [2.45, 2.75) is 50.8 Å². The van der Waals surface area contributed by atoms with Gasteiger partial charge in [-0.25, -0.2) is 8.42 Å². The van der Waals surface area contributed by atoms with Crippen LogP contribution in [0.2, 0.25) is 0 Å². The molecule has 0 unspecified atom stereocenters. The van der Waals surface area contributed by atoms with Crippen LogP contribution in [0.25, 0.3) is 0 Å². The quantitative estimate of drug-likeness (QED) is 0.247. The average molecular weight is 530 g/mol. The van der Waals surface area contributed by atoms with Gasteiger partial charge in [0, 0.05) is 26.2 Å². The Kier molecular flexibility index (Phi) is 9.78. The number of piperidine rings is 1. The smallest absolute Gasteiger partial charge is 0.459 e. The summed E-state index contributed by atoms with van der Waals surface area (Å²) in [7, 11) is -3.82. The van der Waals surface area contributed by atoms with E-state index in [0.717, 1.165) is 0 Å². The first-order valence-corrected chi connectivity index (χ1v) is 9.45. The predicted molar refractivity (Wildman–Crippen MR) is 105 cm³/mol. The first kappa shape index (κ1) is 26.2. The largest absolute Gasteiger partial charge is 0.511 e. The summed E-state index contributed by atoms with van der Waals surface area (Å²) in [6.07, 6.45) is 0.366. The van der Waals surface area contributed by atoms with Gasteiger partial charge in [0.1, 0.15) is 12.1 Å². The number of nitrogens with one attached hydrogen (secondary N) is 2. The Hall–Kier alpha value is -0.830. The van der Waals surface area contributed by atoms with Gasteiger partial charge in [0.15, 0.2) is 5.96 Å². The zero-order chi connectivity index (χ0) is 20.2. The number of hydrogen-bond acceptors (Lipinski definition) is 5. The molecule has 0 spiro atoms. The second kappa shape index (κ2) is 10.1. The van der Waals surface area contributed by atoms with Crippen LogP contribution in [0.3, 0.4) is 0 Å². The summed E-state index contributed by atoms with van der Waals surface area (Å²) in [5.74, 6) is -0.195. The normalized spacial score (nSPS) is 17.8. The van der Waals surface area contributed by atoms with Crippen LogP contribution in [-0.4, -0.2) is 68.5 Å². The molecule has 0 aromatic heterocycles. The molecule has 0 bridgehead atoms. The summed E-state index contributed by atoms with van der Waals surface area (Å²) >= 11 is 0. The highest BCUT2D eigenvalue weighted by Gasteiger charge is 2.50. The first-order chi connectivity index (χ1) is 11.8. The van der Waals surface area contributed by atoms with Crippen LogP contribution in [0.4, 0.5) is 13.2 Å². The number of sulfonamides is 1. The number of rotatable bonds is 4. The second-order valence-electron chi connectivity index (χ2n) is 6.78. The molecular formula is C14H26F3IN4O4S. The molecule has 0 aliphatic carbocycles. The van der Waals surface area contributed by atoms with Crippen LogP contribution in [0.1, 0.15) is 33.6 Å². The molecule has 1 heterocycles. The molecule has 0 amide bonds. The summed E-state index contributed by atoms with van der Waals surface area (Å²) < 4.78 is 66.0. The van der Waals surface area contributed by atoms with Crippen LogP contribution in [0, 0.1) is 0 Å². The van der Waals surface area contributed by atoms with Crippen molar-refractivity contribution in [3.63, 3.8) is 0 Å². The summed E-state index contributed by atoms with van der Waals surface area (Å²) in [6, 6.07) is -0.264. The van der Waals surface area contributed by atoms with E-state index in [9.17, 15) is 26.4 Å². The molecule has 1 rings (SSSR count). The van der Waals surface area contributed by atoms with Gasteiger partial charge in [-0.3, -0.25) is 9.79 Å². The van der Waals surface area contributed by atoms with E-state index in [2.05, 4.69) is 15.6 Å². The van der Waals surface area contributed by atoms with Gasteiger partial charge < -0.3 is 15.4 Å². The number of halogens is 4. The molecule has 13 heteroatoms. The molecule has 0 aromatic rings. The molecule has 1 fully saturated rings. The minimum absolute atomic E-state index is 0. The number of hydrogen-bond donors (Lipinski definition) is 2. The van der Waals surface area contributed by atoms with Gasteiger partial charge in [-0.15, -0.1) is 24.0 Å². The van der Waals surface area contributed by atoms with Gasteiger partial charge in [0.25, 0.3) is 0 Å². The summed E-state index contributed by atoms with van der Waals surface area (Å²) in [5, 5.41) is 5.72. The van der Waals surface area contributed by atoms with E-state index < -0.39 is 27.1 Å². The molecule has 27 heavy (non-hydrogen) atoms. The van der Waals surface area contributed by atoms with Crippen molar-refractivity contribution >= 4 is 45.9 Å². The zero-order valence-electron chi connectivity index (χ0n) is 15.6. The Morgan fingerprint density at radius 1 is 1.22 bits per heavy atom.